The third-order valence-corrected chi connectivity index (χ3v) is 2.90. The van der Waals surface area contributed by atoms with E-state index < -0.39 is 5.97 Å². The van der Waals surface area contributed by atoms with Gasteiger partial charge in [0.2, 0.25) is 11.7 Å². The largest absolute Gasteiger partial charge is 0.497 e. The van der Waals surface area contributed by atoms with E-state index in [1.807, 2.05) is 30.3 Å². The van der Waals surface area contributed by atoms with Gasteiger partial charge in [-0.1, -0.05) is 12.1 Å². The van der Waals surface area contributed by atoms with Gasteiger partial charge in [-0.3, -0.25) is 0 Å². The van der Waals surface area contributed by atoms with E-state index in [0.29, 0.717) is 11.6 Å². The van der Waals surface area contributed by atoms with Crippen LogP contribution in [0.4, 0.5) is 0 Å². The monoisotopic (exact) mass is 303 g/mol. The van der Waals surface area contributed by atoms with Gasteiger partial charge in [-0.25, -0.2) is 9.78 Å². The van der Waals surface area contributed by atoms with Crippen LogP contribution in [-0.2, 0) is 16.1 Å². The Morgan fingerprint density at radius 1 is 1.18 bits per heavy atom. The highest BCUT2D eigenvalue weighted by Gasteiger charge is 2.19. The van der Waals surface area contributed by atoms with Gasteiger partial charge in [0.25, 0.3) is 0 Å². The van der Waals surface area contributed by atoms with Gasteiger partial charge < -0.3 is 18.6 Å². The molecule has 2 aromatic rings. The molecule has 1 aromatic carbocycles. The van der Waals surface area contributed by atoms with Crippen LogP contribution in [0.15, 0.2) is 28.7 Å². The Kier molecular flexibility index (Phi) is 5.32. The Bertz CT molecular complexity index is 658. The average Bonchev–Trinajstić information content (AvgIpc) is 2.96. The maximum absolute atomic E-state index is 11.6. The summed E-state index contributed by atoms with van der Waals surface area (Å²) in [7, 11) is 4.42. The Morgan fingerprint density at radius 3 is 2.50 bits per heavy atom. The van der Waals surface area contributed by atoms with Crippen molar-refractivity contribution in [2.24, 2.45) is 0 Å². The van der Waals surface area contributed by atoms with Crippen molar-refractivity contribution in [1.29, 1.82) is 0 Å². The molecule has 0 spiro atoms. The van der Waals surface area contributed by atoms with Crippen LogP contribution < -0.4 is 4.74 Å². The predicted octanol–water partition coefficient (Wildman–Crippen LogP) is 2.79. The third kappa shape index (κ3) is 3.73. The summed E-state index contributed by atoms with van der Waals surface area (Å²) in [6.45, 7) is 0.171. The molecule has 0 saturated heterocycles. The van der Waals surface area contributed by atoms with Crippen LogP contribution in [0.25, 0.3) is 12.2 Å². The van der Waals surface area contributed by atoms with Gasteiger partial charge in [-0.05, 0) is 23.8 Å². The minimum atomic E-state index is -0.580. The van der Waals surface area contributed by atoms with E-state index in [9.17, 15) is 4.79 Å². The summed E-state index contributed by atoms with van der Waals surface area (Å²) in [6.07, 6.45) is 3.50. The Labute approximate surface area is 128 Å². The second-order valence-corrected chi connectivity index (χ2v) is 4.36. The molecule has 0 amide bonds. The molecule has 0 radical (unpaired) electrons. The van der Waals surface area contributed by atoms with E-state index in [1.165, 1.54) is 14.2 Å². The number of ether oxygens (including phenoxy) is 3. The molecule has 2 rings (SSSR count). The molecule has 22 heavy (non-hydrogen) atoms. The molecule has 6 heteroatoms. The van der Waals surface area contributed by atoms with Crippen molar-refractivity contribution in [1.82, 2.24) is 4.98 Å². The molecule has 6 nitrogen and oxygen atoms in total. The molecule has 0 atom stereocenters. The quantitative estimate of drug-likeness (QED) is 0.764. The highest BCUT2D eigenvalue weighted by molar-refractivity contribution is 5.87. The molecule has 0 aliphatic carbocycles. The second-order valence-electron chi connectivity index (χ2n) is 4.36. The average molecular weight is 303 g/mol. The molecular weight excluding hydrogens is 286 g/mol. The van der Waals surface area contributed by atoms with Crippen molar-refractivity contribution in [3.05, 3.63) is 47.2 Å². The topological polar surface area (TPSA) is 70.8 Å². The van der Waals surface area contributed by atoms with Gasteiger partial charge in [0.15, 0.2) is 0 Å². The summed E-state index contributed by atoms with van der Waals surface area (Å²) in [5, 5.41) is 0. The molecule has 116 valence electrons. The molecule has 0 fully saturated rings. The maximum atomic E-state index is 11.6. The summed E-state index contributed by atoms with van der Waals surface area (Å²) in [6, 6.07) is 7.50. The van der Waals surface area contributed by atoms with E-state index >= 15 is 0 Å². The van der Waals surface area contributed by atoms with Crippen molar-refractivity contribution >= 4 is 18.1 Å². The Hall–Kier alpha value is -2.60. The maximum Gasteiger partial charge on any atom is 0.376 e. The number of carbonyl (C=O) groups excluding carboxylic acids is 1. The van der Waals surface area contributed by atoms with E-state index in [4.69, 9.17) is 13.9 Å². The first-order valence-electron chi connectivity index (χ1n) is 6.57. The lowest BCUT2D eigenvalue weighted by molar-refractivity contribution is 0.0558. The summed E-state index contributed by atoms with van der Waals surface area (Å²) < 4.78 is 20.2. The number of oxazole rings is 1. The number of esters is 1. The Balaban J connectivity index is 2.20. The fourth-order valence-electron chi connectivity index (χ4n) is 1.81. The minimum absolute atomic E-state index is 0.0544. The van der Waals surface area contributed by atoms with Crippen LogP contribution in [0.5, 0.6) is 5.75 Å². The van der Waals surface area contributed by atoms with Crippen molar-refractivity contribution in [2.75, 3.05) is 21.3 Å². The SMILES string of the molecule is COCc1nc(/C=C/c2ccc(OC)cc2)oc1C(=O)OC. The molecule has 1 heterocycles. The zero-order valence-corrected chi connectivity index (χ0v) is 12.7. The lowest BCUT2D eigenvalue weighted by Crippen LogP contribution is -2.04. The van der Waals surface area contributed by atoms with Gasteiger partial charge in [0.05, 0.1) is 20.8 Å². The van der Waals surface area contributed by atoms with Crippen molar-refractivity contribution in [2.45, 2.75) is 6.61 Å². The van der Waals surface area contributed by atoms with Crippen LogP contribution in [-0.4, -0.2) is 32.3 Å². The fourth-order valence-corrected chi connectivity index (χ4v) is 1.81. The third-order valence-electron chi connectivity index (χ3n) is 2.90. The van der Waals surface area contributed by atoms with Gasteiger partial charge in [0, 0.05) is 13.2 Å². The molecule has 0 aliphatic rings. The highest BCUT2D eigenvalue weighted by atomic mass is 16.5. The first-order chi connectivity index (χ1) is 10.7. The highest BCUT2D eigenvalue weighted by Crippen LogP contribution is 2.17. The number of methoxy groups -OCH3 is 3. The second kappa shape index (κ2) is 7.42. The van der Waals surface area contributed by atoms with Crippen molar-refractivity contribution < 1.29 is 23.4 Å². The standard InChI is InChI=1S/C16H17NO5/c1-19-10-13-15(16(18)21-3)22-14(17-13)9-6-11-4-7-12(20-2)8-5-11/h4-9H,10H2,1-3H3/b9-6+. The summed E-state index contributed by atoms with van der Waals surface area (Å²) >= 11 is 0. The van der Waals surface area contributed by atoms with Crippen LogP contribution in [0.3, 0.4) is 0 Å². The molecule has 0 bridgehead atoms. The number of benzene rings is 1. The molecule has 1 aromatic heterocycles. The zero-order chi connectivity index (χ0) is 15.9. The van der Waals surface area contributed by atoms with E-state index in [0.717, 1.165) is 11.3 Å². The Morgan fingerprint density at radius 2 is 1.91 bits per heavy atom. The number of nitrogens with zero attached hydrogens (tertiary/aromatic N) is 1. The van der Waals surface area contributed by atoms with E-state index in [-0.39, 0.29) is 12.4 Å². The van der Waals surface area contributed by atoms with Gasteiger partial charge in [0.1, 0.15) is 11.4 Å². The number of rotatable bonds is 6. The first-order valence-corrected chi connectivity index (χ1v) is 6.57. The first kappa shape index (κ1) is 15.8. The molecule has 0 saturated carbocycles. The number of aromatic nitrogens is 1. The molecule has 0 aliphatic heterocycles. The van der Waals surface area contributed by atoms with Gasteiger partial charge in [-0.15, -0.1) is 0 Å². The lowest BCUT2D eigenvalue weighted by Gasteiger charge is -1.98. The van der Waals surface area contributed by atoms with E-state index in [1.54, 1.807) is 13.2 Å². The zero-order valence-electron chi connectivity index (χ0n) is 12.7. The number of carbonyl (C=O) groups is 1. The molecular formula is C16H17NO5. The van der Waals surface area contributed by atoms with E-state index in [2.05, 4.69) is 9.72 Å². The molecule has 0 unspecified atom stereocenters. The minimum Gasteiger partial charge on any atom is -0.497 e. The van der Waals surface area contributed by atoms with Crippen LogP contribution in [0, 0.1) is 0 Å². The normalized spacial score (nSPS) is 10.9. The number of hydrogen-bond acceptors (Lipinski definition) is 6. The summed E-state index contributed by atoms with van der Waals surface area (Å²) in [5.74, 6) is 0.564. The number of hydrogen-bond donors (Lipinski definition) is 0. The smallest absolute Gasteiger partial charge is 0.376 e. The van der Waals surface area contributed by atoms with Crippen LogP contribution in [0.1, 0.15) is 27.7 Å². The molecule has 0 N–H and O–H groups in total. The lowest BCUT2D eigenvalue weighted by atomic mass is 10.2. The van der Waals surface area contributed by atoms with Gasteiger partial charge >= 0.3 is 5.97 Å². The van der Waals surface area contributed by atoms with Crippen molar-refractivity contribution in [3.8, 4) is 5.75 Å². The van der Waals surface area contributed by atoms with Gasteiger partial charge in [-0.2, -0.15) is 0 Å². The van der Waals surface area contributed by atoms with Crippen molar-refractivity contribution in [3.63, 3.8) is 0 Å². The predicted molar refractivity (Wildman–Crippen MR) is 80.5 cm³/mol. The van der Waals surface area contributed by atoms with Crippen LogP contribution >= 0.6 is 0 Å². The fraction of sp³-hybridized carbons (Fsp3) is 0.250. The van der Waals surface area contributed by atoms with Crippen LogP contribution in [0.2, 0.25) is 0 Å². The summed E-state index contributed by atoms with van der Waals surface area (Å²) in [4.78, 5) is 15.8. The summed E-state index contributed by atoms with van der Waals surface area (Å²) in [5.41, 5.74) is 1.36.